The smallest absolute Gasteiger partial charge is 0.308 e. The van der Waals surface area contributed by atoms with Crippen LogP contribution < -0.4 is 5.32 Å². The molecule has 0 aliphatic rings. The standard InChI is InChI=1S/C14H13N3O3/c1-3-15-12(18)14-17-16-13(20-14)11-8(2)9-6-4-5-7-10(9)19-11/h4-7H,3H2,1-2H3,(H,15,18). The van der Waals surface area contributed by atoms with Crippen molar-refractivity contribution in [1.82, 2.24) is 15.5 Å². The predicted octanol–water partition coefficient (Wildman–Crippen LogP) is 2.54. The first-order chi connectivity index (χ1) is 9.70. The highest BCUT2D eigenvalue weighted by Crippen LogP contribution is 2.31. The number of aryl methyl sites for hydroxylation is 1. The largest absolute Gasteiger partial charge is 0.451 e. The quantitative estimate of drug-likeness (QED) is 0.791. The summed E-state index contributed by atoms with van der Waals surface area (Å²) in [5, 5.41) is 11.2. The Balaban J connectivity index is 2.03. The monoisotopic (exact) mass is 271 g/mol. The van der Waals surface area contributed by atoms with Gasteiger partial charge in [0, 0.05) is 17.5 Å². The average Bonchev–Trinajstić information content (AvgIpc) is 3.05. The summed E-state index contributed by atoms with van der Waals surface area (Å²) in [7, 11) is 0. The molecule has 6 nitrogen and oxygen atoms in total. The molecule has 0 fully saturated rings. The Hall–Kier alpha value is -2.63. The highest BCUT2D eigenvalue weighted by molar-refractivity contribution is 5.90. The third kappa shape index (κ3) is 1.95. The molecule has 0 aliphatic carbocycles. The summed E-state index contributed by atoms with van der Waals surface area (Å²) in [5.41, 5.74) is 1.66. The van der Waals surface area contributed by atoms with Gasteiger partial charge in [-0.1, -0.05) is 18.2 Å². The number of nitrogens with one attached hydrogen (secondary N) is 1. The molecule has 1 N–H and O–H groups in total. The molecule has 3 rings (SSSR count). The molecule has 0 aliphatic heterocycles. The Morgan fingerprint density at radius 1 is 1.25 bits per heavy atom. The second-order valence-corrected chi connectivity index (χ2v) is 4.32. The lowest BCUT2D eigenvalue weighted by Crippen LogP contribution is -2.22. The van der Waals surface area contributed by atoms with Crippen LogP contribution in [0.2, 0.25) is 0 Å². The molecule has 0 atom stereocenters. The fourth-order valence-corrected chi connectivity index (χ4v) is 2.02. The van der Waals surface area contributed by atoms with Crippen LogP contribution in [-0.2, 0) is 0 Å². The van der Waals surface area contributed by atoms with Crippen molar-refractivity contribution in [2.75, 3.05) is 6.54 Å². The molecule has 0 radical (unpaired) electrons. The molecule has 3 aromatic rings. The van der Waals surface area contributed by atoms with E-state index >= 15 is 0 Å². The number of benzene rings is 1. The molecule has 6 heteroatoms. The third-order valence-corrected chi connectivity index (χ3v) is 2.99. The van der Waals surface area contributed by atoms with Crippen LogP contribution in [0.4, 0.5) is 0 Å². The maximum absolute atomic E-state index is 11.6. The van der Waals surface area contributed by atoms with E-state index in [1.807, 2.05) is 38.1 Å². The van der Waals surface area contributed by atoms with Crippen molar-refractivity contribution in [2.24, 2.45) is 0 Å². The van der Waals surface area contributed by atoms with Crippen molar-refractivity contribution in [3.05, 3.63) is 35.7 Å². The van der Waals surface area contributed by atoms with Gasteiger partial charge in [0.2, 0.25) is 0 Å². The Bertz CT molecular complexity index is 773. The Morgan fingerprint density at radius 2 is 2.05 bits per heavy atom. The minimum atomic E-state index is -0.389. The van der Waals surface area contributed by atoms with Gasteiger partial charge in [-0.2, -0.15) is 0 Å². The zero-order chi connectivity index (χ0) is 14.1. The zero-order valence-corrected chi connectivity index (χ0v) is 11.1. The molecule has 0 saturated heterocycles. The molecule has 0 spiro atoms. The second-order valence-electron chi connectivity index (χ2n) is 4.32. The summed E-state index contributed by atoms with van der Waals surface area (Å²) < 4.78 is 11.1. The maximum atomic E-state index is 11.6. The van der Waals surface area contributed by atoms with E-state index < -0.39 is 0 Å². The highest BCUT2D eigenvalue weighted by Gasteiger charge is 2.20. The summed E-state index contributed by atoms with van der Waals surface area (Å²) in [6.45, 7) is 4.23. The van der Waals surface area contributed by atoms with Crippen molar-refractivity contribution in [3.8, 4) is 11.7 Å². The minimum Gasteiger partial charge on any atom is -0.451 e. The van der Waals surface area contributed by atoms with Gasteiger partial charge in [-0.3, -0.25) is 4.79 Å². The highest BCUT2D eigenvalue weighted by atomic mass is 16.4. The van der Waals surface area contributed by atoms with Crippen LogP contribution in [0.25, 0.3) is 22.6 Å². The van der Waals surface area contributed by atoms with E-state index in [-0.39, 0.29) is 17.7 Å². The first kappa shape index (κ1) is 12.4. The predicted molar refractivity (Wildman–Crippen MR) is 72.3 cm³/mol. The summed E-state index contributed by atoms with van der Waals surface area (Å²) in [5.74, 6) is 0.246. The van der Waals surface area contributed by atoms with Gasteiger partial charge in [-0.15, -0.1) is 10.2 Å². The van der Waals surface area contributed by atoms with Crippen molar-refractivity contribution < 1.29 is 13.6 Å². The summed E-state index contributed by atoms with van der Waals surface area (Å²) in [6, 6.07) is 7.65. The molecule has 0 saturated carbocycles. The van der Waals surface area contributed by atoms with Gasteiger partial charge in [-0.05, 0) is 19.9 Å². The maximum Gasteiger partial charge on any atom is 0.308 e. The van der Waals surface area contributed by atoms with Crippen LogP contribution in [0.5, 0.6) is 0 Å². The van der Waals surface area contributed by atoms with E-state index in [1.54, 1.807) is 0 Å². The van der Waals surface area contributed by atoms with E-state index in [0.29, 0.717) is 12.3 Å². The molecule has 20 heavy (non-hydrogen) atoms. The number of carbonyl (C=O) groups excluding carboxylic acids is 1. The number of hydrogen-bond donors (Lipinski definition) is 1. The number of nitrogens with zero attached hydrogens (tertiary/aromatic N) is 2. The van der Waals surface area contributed by atoms with Crippen molar-refractivity contribution in [3.63, 3.8) is 0 Å². The first-order valence-electron chi connectivity index (χ1n) is 6.31. The van der Waals surface area contributed by atoms with Gasteiger partial charge in [0.1, 0.15) is 5.58 Å². The van der Waals surface area contributed by atoms with E-state index in [0.717, 1.165) is 16.5 Å². The van der Waals surface area contributed by atoms with E-state index in [9.17, 15) is 4.79 Å². The Labute approximate surface area is 114 Å². The topological polar surface area (TPSA) is 81.2 Å². The summed E-state index contributed by atoms with van der Waals surface area (Å²) in [4.78, 5) is 11.6. The van der Waals surface area contributed by atoms with Crippen LogP contribution in [-0.4, -0.2) is 22.6 Å². The van der Waals surface area contributed by atoms with Gasteiger partial charge in [0.25, 0.3) is 5.89 Å². The molecule has 1 aromatic carbocycles. The number of carbonyl (C=O) groups is 1. The molecular weight excluding hydrogens is 258 g/mol. The molecule has 0 unspecified atom stereocenters. The SMILES string of the molecule is CCNC(=O)c1nnc(-c2oc3ccccc3c2C)o1. The number of amides is 1. The van der Waals surface area contributed by atoms with E-state index in [4.69, 9.17) is 8.83 Å². The fraction of sp³-hybridized carbons (Fsp3) is 0.214. The third-order valence-electron chi connectivity index (χ3n) is 2.99. The molecule has 2 heterocycles. The number of para-hydroxylation sites is 1. The average molecular weight is 271 g/mol. The number of aromatic nitrogens is 2. The first-order valence-corrected chi connectivity index (χ1v) is 6.31. The molecular formula is C14H13N3O3. The molecule has 102 valence electrons. The molecule has 0 bridgehead atoms. The Kier molecular flexibility index (Phi) is 2.98. The van der Waals surface area contributed by atoms with Gasteiger partial charge in [0.15, 0.2) is 5.76 Å². The van der Waals surface area contributed by atoms with Crippen molar-refractivity contribution in [1.29, 1.82) is 0 Å². The lowest BCUT2D eigenvalue weighted by Gasteiger charge is -1.94. The van der Waals surface area contributed by atoms with Crippen LogP contribution in [0, 0.1) is 6.92 Å². The second kappa shape index (κ2) is 4.80. The van der Waals surface area contributed by atoms with Crippen LogP contribution in [0.15, 0.2) is 33.1 Å². The molecule has 2 aromatic heterocycles. The number of rotatable bonds is 3. The number of fused-ring (bicyclic) bond motifs is 1. The van der Waals surface area contributed by atoms with Crippen LogP contribution in [0.1, 0.15) is 23.2 Å². The lowest BCUT2D eigenvalue weighted by atomic mass is 10.1. The van der Waals surface area contributed by atoms with Crippen molar-refractivity contribution in [2.45, 2.75) is 13.8 Å². The Morgan fingerprint density at radius 3 is 2.80 bits per heavy atom. The number of hydrogen-bond acceptors (Lipinski definition) is 5. The van der Waals surface area contributed by atoms with Gasteiger partial charge < -0.3 is 14.2 Å². The summed E-state index contributed by atoms with van der Waals surface area (Å²) >= 11 is 0. The summed E-state index contributed by atoms with van der Waals surface area (Å²) in [6.07, 6.45) is 0. The van der Waals surface area contributed by atoms with Crippen LogP contribution >= 0.6 is 0 Å². The lowest BCUT2D eigenvalue weighted by molar-refractivity contribution is 0.0921. The van der Waals surface area contributed by atoms with Crippen molar-refractivity contribution >= 4 is 16.9 Å². The fourth-order valence-electron chi connectivity index (χ4n) is 2.02. The molecule has 1 amide bonds. The number of furan rings is 1. The van der Waals surface area contributed by atoms with Gasteiger partial charge >= 0.3 is 11.8 Å². The van der Waals surface area contributed by atoms with E-state index in [1.165, 1.54) is 0 Å². The van der Waals surface area contributed by atoms with Gasteiger partial charge in [0.05, 0.1) is 0 Å². The van der Waals surface area contributed by atoms with Crippen LogP contribution in [0.3, 0.4) is 0 Å². The van der Waals surface area contributed by atoms with Gasteiger partial charge in [-0.25, -0.2) is 0 Å². The minimum absolute atomic E-state index is 0.0679. The normalized spacial score (nSPS) is 10.9. The van der Waals surface area contributed by atoms with E-state index in [2.05, 4.69) is 15.5 Å². The zero-order valence-electron chi connectivity index (χ0n) is 11.1.